The van der Waals surface area contributed by atoms with Gasteiger partial charge in [0.25, 0.3) is 0 Å². The van der Waals surface area contributed by atoms with Gasteiger partial charge in [-0.1, -0.05) is 25.4 Å². The monoisotopic (exact) mass is 277 g/mol. The van der Waals surface area contributed by atoms with Crippen LogP contribution in [0.3, 0.4) is 0 Å². The molecule has 0 amide bonds. The minimum atomic E-state index is 0.223. The smallest absolute Gasteiger partial charge is 0.138 e. The van der Waals surface area contributed by atoms with Crippen LogP contribution in [0.1, 0.15) is 32.5 Å². The van der Waals surface area contributed by atoms with E-state index in [0.29, 0.717) is 11.8 Å². The zero-order valence-electron chi connectivity index (χ0n) is 11.2. The predicted octanol–water partition coefficient (Wildman–Crippen LogP) is 3.71. The highest BCUT2D eigenvalue weighted by molar-refractivity contribution is 6.29. The van der Waals surface area contributed by atoms with Crippen LogP contribution in [0.2, 0.25) is 5.15 Å². The number of halogens is 1. The van der Waals surface area contributed by atoms with Crippen LogP contribution >= 0.6 is 11.6 Å². The summed E-state index contributed by atoms with van der Waals surface area (Å²) >= 11 is 6.04. The number of aromatic nitrogens is 3. The predicted molar refractivity (Wildman–Crippen MR) is 75.5 cm³/mol. The molecule has 2 aromatic heterocycles. The number of nitrogens with zero attached hydrogens (tertiary/aromatic N) is 3. The molecule has 0 bridgehead atoms. The van der Waals surface area contributed by atoms with Crippen LogP contribution in [0.25, 0.3) is 11.3 Å². The maximum absolute atomic E-state index is 6.04. The summed E-state index contributed by atoms with van der Waals surface area (Å²) in [6, 6.07) is 3.64. The van der Waals surface area contributed by atoms with Gasteiger partial charge in [0.15, 0.2) is 0 Å². The summed E-state index contributed by atoms with van der Waals surface area (Å²) in [6.45, 7) is 6.60. The van der Waals surface area contributed by atoms with Crippen LogP contribution in [0.15, 0.2) is 24.5 Å². The summed E-state index contributed by atoms with van der Waals surface area (Å²) in [5, 5.41) is 0.440. The van der Waals surface area contributed by atoms with Crippen molar-refractivity contribution in [3.63, 3.8) is 0 Å². The summed E-state index contributed by atoms with van der Waals surface area (Å²) in [6.07, 6.45) is 3.42. The van der Waals surface area contributed by atoms with E-state index in [1.165, 1.54) is 0 Å². The Morgan fingerprint density at radius 1 is 1.21 bits per heavy atom. The van der Waals surface area contributed by atoms with Gasteiger partial charge >= 0.3 is 0 Å². The molecule has 100 valence electrons. The number of ether oxygens (including phenoxy) is 1. The van der Waals surface area contributed by atoms with Crippen LogP contribution in [-0.4, -0.2) is 21.6 Å². The number of rotatable bonds is 4. The van der Waals surface area contributed by atoms with Crippen molar-refractivity contribution in [2.75, 3.05) is 6.61 Å². The Hall–Kier alpha value is -1.68. The Balaban J connectivity index is 2.43. The van der Waals surface area contributed by atoms with E-state index in [1.807, 2.05) is 26.8 Å². The molecule has 0 spiro atoms. The maximum atomic E-state index is 6.04. The van der Waals surface area contributed by atoms with Crippen molar-refractivity contribution >= 4 is 11.6 Å². The lowest BCUT2D eigenvalue weighted by Gasteiger charge is -2.08. The van der Waals surface area contributed by atoms with Gasteiger partial charge in [-0.3, -0.25) is 4.98 Å². The van der Waals surface area contributed by atoms with Crippen molar-refractivity contribution in [2.45, 2.75) is 26.7 Å². The van der Waals surface area contributed by atoms with Gasteiger partial charge in [0.05, 0.1) is 18.5 Å². The van der Waals surface area contributed by atoms with Gasteiger partial charge in [0.1, 0.15) is 16.7 Å². The molecule has 0 saturated carbocycles. The van der Waals surface area contributed by atoms with Crippen molar-refractivity contribution in [1.82, 2.24) is 15.0 Å². The summed E-state index contributed by atoms with van der Waals surface area (Å²) in [7, 11) is 0. The van der Waals surface area contributed by atoms with E-state index in [9.17, 15) is 0 Å². The van der Waals surface area contributed by atoms with Gasteiger partial charge in [-0.05, 0) is 13.0 Å². The van der Waals surface area contributed by atoms with E-state index in [0.717, 1.165) is 22.8 Å². The fourth-order valence-electron chi connectivity index (χ4n) is 1.65. The first-order chi connectivity index (χ1) is 9.10. The fourth-order valence-corrected chi connectivity index (χ4v) is 1.84. The fraction of sp³-hybridized carbons (Fsp3) is 0.357. The third-order valence-corrected chi connectivity index (χ3v) is 2.74. The quantitative estimate of drug-likeness (QED) is 0.799. The molecule has 2 aromatic rings. The second-order valence-electron chi connectivity index (χ2n) is 4.43. The molecule has 0 N–H and O–H groups in total. The molecule has 19 heavy (non-hydrogen) atoms. The first-order valence-corrected chi connectivity index (χ1v) is 6.60. The average Bonchev–Trinajstić information content (AvgIpc) is 2.38. The van der Waals surface area contributed by atoms with Crippen LogP contribution in [0.4, 0.5) is 0 Å². The first-order valence-electron chi connectivity index (χ1n) is 6.23. The van der Waals surface area contributed by atoms with E-state index in [4.69, 9.17) is 16.3 Å². The van der Waals surface area contributed by atoms with Gasteiger partial charge in [0.2, 0.25) is 0 Å². The van der Waals surface area contributed by atoms with E-state index in [1.54, 1.807) is 18.5 Å². The second kappa shape index (κ2) is 5.97. The number of hydrogen-bond acceptors (Lipinski definition) is 4. The highest BCUT2D eigenvalue weighted by Gasteiger charge is 2.09. The molecule has 0 aliphatic rings. The lowest BCUT2D eigenvalue weighted by Crippen LogP contribution is -2.00. The first kappa shape index (κ1) is 13.7. The van der Waals surface area contributed by atoms with E-state index >= 15 is 0 Å². The molecule has 0 saturated heterocycles. The maximum Gasteiger partial charge on any atom is 0.138 e. The minimum absolute atomic E-state index is 0.223. The Bertz CT molecular complexity index is 572. The van der Waals surface area contributed by atoms with Gasteiger partial charge in [-0.15, -0.1) is 0 Å². The molecular weight excluding hydrogens is 262 g/mol. The Morgan fingerprint density at radius 3 is 2.68 bits per heavy atom. The molecule has 0 fully saturated rings. The molecule has 0 aliphatic carbocycles. The molecule has 4 nitrogen and oxygen atoms in total. The lowest BCUT2D eigenvalue weighted by molar-refractivity contribution is 0.339. The standard InChI is InChI=1S/C14H16ClN3O/c1-4-19-11-5-10(7-16-8-11)12-6-13(15)18-14(17-12)9(2)3/h5-9H,4H2,1-3H3. The zero-order chi connectivity index (χ0) is 13.8. The number of pyridine rings is 1. The summed E-state index contributed by atoms with van der Waals surface area (Å²) in [5.41, 5.74) is 1.63. The summed E-state index contributed by atoms with van der Waals surface area (Å²) < 4.78 is 5.44. The highest BCUT2D eigenvalue weighted by atomic mass is 35.5. The third kappa shape index (κ3) is 3.41. The van der Waals surface area contributed by atoms with Crippen molar-refractivity contribution in [2.24, 2.45) is 0 Å². The van der Waals surface area contributed by atoms with E-state index in [2.05, 4.69) is 15.0 Å². The largest absolute Gasteiger partial charge is 0.492 e. The van der Waals surface area contributed by atoms with Gasteiger partial charge in [-0.2, -0.15) is 0 Å². The Kier molecular flexibility index (Phi) is 4.32. The van der Waals surface area contributed by atoms with Crippen LogP contribution in [0, 0.1) is 0 Å². The summed E-state index contributed by atoms with van der Waals surface area (Å²) in [5.74, 6) is 1.67. The molecular formula is C14H16ClN3O. The molecule has 0 atom stereocenters. The van der Waals surface area contributed by atoms with Crippen LogP contribution in [0.5, 0.6) is 5.75 Å². The third-order valence-electron chi connectivity index (χ3n) is 2.55. The molecule has 0 aromatic carbocycles. The van der Waals surface area contributed by atoms with Gasteiger partial charge in [-0.25, -0.2) is 9.97 Å². The van der Waals surface area contributed by atoms with Crippen molar-refractivity contribution in [3.05, 3.63) is 35.5 Å². The minimum Gasteiger partial charge on any atom is -0.492 e. The second-order valence-corrected chi connectivity index (χ2v) is 4.82. The molecule has 0 radical (unpaired) electrons. The highest BCUT2D eigenvalue weighted by Crippen LogP contribution is 2.24. The van der Waals surface area contributed by atoms with E-state index < -0.39 is 0 Å². The normalized spacial score (nSPS) is 10.8. The van der Waals surface area contributed by atoms with Crippen LogP contribution in [-0.2, 0) is 0 Å². The summed E-state index contributed by atoms with van der Waals surface area (Å²) in [4.78, 5) is 12.9. The molecule has 0 aliphatic heterocycles. The lowest BCUT2D eigenvalue weighted by atomic mass is 10.1. The van der Waals surface area contributed by atoms with Crippen molar-refractivity contribution in [3.8, 4) is 17.0 Å². The van der Waals surface area contributed by atoms with Crippen LogP contribution < -0.4 is 4.74 Å². The number of hydrogen-bond donors (Lipinski definition) is 0. The van der Waals surface area contributed by atoms with E-state index in [-0.39, 0.29) is 5.92 Å². The molecule has 0 unspecified atom stereocenters. The van der Waals surface area contributed by atoms with Gasteiger partial charge in [0, 0.05) is 23.7 Å². The molecule has 2 rings (SSSR count). The van der Waals surface area contributed by atoms with Crippen molar-refractivity contribution in [1.29, 1.82) is 0 Å². The Morgan fingerprint density at radius 2 is 2.00 bits per heavy atom. The SMILES string of the molecule is CCOc1cncc(-c2cc(Cl)nc(C(C)C)n2)c1. The van der Waals surface area contributed by atoms with Crippen molar-refractivity contribution < 1.29 is 4.74 Å². The topological polar surface area (TPSA) is 47.9 Å². The zero-order valence-corrected chi connectivity index (χ0v) is 12.0. The Labute approximate surface area is 117 Å². The molecule has 2 heterocycles. The average molecular weight is 278 g/mol. The molecule has 5 heteroatoms. The van der Waals surface area contributed by atoms with Gasteiger partial charge < -0.3 is 4.74 Å².